The molecule has 1 aliphatic rings. The van der Waals surface area contributed by atoms with Crippen molar-refractivity contribution in [2.45, 2.75) is 39.5 Å². The summed E-state index contributed by atoms with van der Waals surface area (Å²) in [6, 6.07) is 18.4. The Hall–Kier alpha value is -1.78. The van der Waals surface area contributed by atoms with Gasteiger partial charge in [-0.05, 0) is 19.1 Å². The summed E-state index contributed by atoms with van der Waals surface area (Å²) >= 11 is 2.31. The first-order valence-electron chi connectivity index (χ1n) is 8.31. The molecule has 0 unspecified atom stereocenters. The monoisotopic (exact) mass is 383 g/mol. The molecule has 137 valence electrons. The number of benzene rings is 2. The van der Waals surface area contributed by atoms with Crippen molar-refractivity contribution in [3.05, 3.63) is 72.1 Å². The average molecular weight is 383 g/mol. The molecule has 1 fully saturated rings. The van der Waals surface area contributed by atoms with Crippen LogP contribution in [0.3, 0.4) is 0 Å². The van der Waals surface area contributed by atoms with Gasteiger partial charge in [0.15, 0.2) is 0 Å². The molecule has 0 saturated heterocycles. The van der Waals surface area contributed by atoms with Gasteiger partial charge in [0.1, 0.15) is 5.75 Å². The first-order chi connectivity index (χ1) is 12.1. The van der Waals surface area contributed by atoms with Crippen LogP contribution in [-0.2, 0) is 24.3 Å². The number of carbonyl (C=O) groups is 1. The fourth-order valence-corrected chi connectivity index (χ4v) is 2.44. The van der Waals surface area contributed by atoms with Crippen molar-refractivity contribution in [2.24, 2.45) is 5.92 Å². The minimum absolute atomic E-state index is 0.0723. The third kappa shape index (κ3) is 8.75. The Morgan fingerprint density at radius 1 is 1.00 bits per heavy atom. The topological polar surface area (TPSA) is 43.4 Å². The summed E-state index contributed by atoms with van der Waals surface area (Å²) in [5.74, 6) is 0.674. The molecule has 25 heavy (non-hydrogen) atoms. The van der Waals surface area contributed by atoms with Gasteiger partial charge in [-0.1, -0.05) is 37.5 Å². The number of hydrogen-bond donors (Lipinski definition) is 0. The zero-order valence-corrected chi connectivity index (χ0v) is 15.7. The molecule has 1 saturated carbocycles. The second kappa shape index (κ2) is 12.6. The molecule has 0 heterocycles. The molecular formula is C21H24CoO3-2. The van der Waals surface area contributed by atoms with Crippen LogP contribution in [0.1, 0.15) is 36.8 Å². The molecular weight excluding hydrogens is 359 g/mol. The Morgan fingerprint density at radius 3 is 2.00 bits per heavy atom. The molecule has 0 radical (unpaired) electrons. The van der Waals surface area contributed by atoms with E-state index in [-0.39, 0.29) is 11.9 Å². The third-order valence-electron chi connectivity index (χ3n) is 3.90. The van der Waals surface area contributed by atoms with Crippen LogP contribution in [0.4, 0.5) is 0 Å². The summed E-state index contributed by atoms with van der Waals surface area (Å²) in [5, 5.41) is 0. The van der Waals surface area contributed by atoms with Crippen molar-refractivity contribution in [1.29, 1.82) is 0 Å². The Labute approximate surface area is 158 Å². The molecule has 2 aromatic carbocycles. The summed E-state index contributed by atoms with van der Waals surface area (Å²) in [7, 11) is 0. The van der Waals surface area contributed by atoms with Crippen LogP contribution >= 0.6 is 0 Å². The summed E-state index contributed by atoms with van der Waals surface area (Å²) in [4.78, 5) is 11.8. The van der Waals surface area contributed by atoms with Gasteiger partial charge < -0.3 is 11.2 Å². The van der Waals surface area contributed by atoms with Crippen molar-refractivity contribution in [3.63, 3.8) is 0 Å². The van der Waals surface area contributed by atoms with Crippen molar-refractivity contribution in [3.8, 4) is 5.75 Å². The third-order valence-corrected chi connectivity index (χ3v) is 3.90. The normalized spacial score (nSPS) is 13.6. The van der Waals surface area contributed by atoms with E-state index in [0.717, 1.165) is 25.7 Å². The minimum atomic E-state index is -0.0723. The van der Waals surface area contributed by atoms with Crippen molar-refractivity contribution >= 4 is 5.97 Å². The molecule has 0 aliphatic heterocycles. The maximum absolute atomic E-state index is 11.8. The number of ether oxygens (including phenoxy) is 1. The molecule has 0 atom stereocenters. The van der Waals surface area contributed by atoms with Gasteiger partial charge in [-0.2, -0.15) is 48.7 Å². The zero-order valence-electron chi connectivity index (χ0n) is 14.7. The molecule has 0 spiro atoms. The number of carbonyl (C=O) groups excluding carboxylic acids is 1. The molecule has 0 bridgehead atoms. The van der Waals surface area contributed by atoms with Crippen LogP contribution in [0.5, 0.6) is 5.75 Å². The number of aryl methyl sites for hydroxylation is 2. The molecule has 4 heteroatoms. The van der Waals surface area contributed by atoms with E-state index >= 15 is 0 Å². The van der Waals surface area contributed by atoms with Gasteiger partial charge >= 0.3 is 25.5 Å². The van der Waals surface area contributed by atoms with Gasteiger partial charge in [-0.3, -0.25) is 4.79 Å². The van der Waals surface area contributed by atoms with E-state index in [9.17, 15) is 4.79 Å². The van der Waals surface area contributed by atoms with E-state index in [0.29, 0.717) is 5.75 Å². The number of esters is 1. The quantitative estimate of drug-likeness (QED) is 0.418. The second-order valence-electron chi connectivity index (χ2n) is 5.95. The van der Waals surface area contributed by atoms with E-state index < -0.39 is 0 Å². The van der Waals surface area contributed by atoms with E-state index in [2.05, 4.69) is 35.1 Å². The van der Waals surface area contributed by atoms with Crippen LogP contribution < -0.4 is 4.74 Å². The molecule has 1 aliphatic carbocycles. The maximum atomic E-state index is 11.8. The second-order valence-corrected chi connectivity index (χ2v) is 5.95. The van der Waals surface area contributed by atoms with Gasteiger partial charge in [0.2, 0.25) is 0 Å². The van der Waals surface area contributed by atoms with E-state index in [1.165, 1.54) is 11.1 Å². The van der Waals surface area contributed by atoms with Gasteiger partial charge in [-0.15, -0.1) is 0 Å². The van der Waals surface area contributed by atoms with Gasteiger partial charge in [0, 0.05) is 0 Å². The van der Waals surface area contributed by atoms with Crippen molar-refractivity contribution in [2.75, 3.05) is 0 Å². The number of hydrogen-bond acceptors (Lipinski definition) is 3. The summed E-state index contributed by atoms with van der Waals surface area (Å²) < 4.78 is 13.3. The Balaban J connectivity index is 0.000000290. The standard InChI is InChI=1S/C14H17O2.C7H7.Co.O/c1-11-7-9-13(10-8-11)16-14(15)12-5-3-2-4-6-12;1-7-5-3-2-4-6-7;;/h2,7-10,12H,3-6H2,1H3;3-6H,1H3;;/q2*-1;;. The molecule has 2 aromatic rings. The van der Waals surface area contributed by atoms with Crippen LogP contribution in [0.25, 0.3) is 0 Å². The van der Waals surface area contributed by atoms with Crippen LogP contribution in [-0.4, -0.2) is 5.97 Å². The van der Waals surface area contributed by atoms with E-state index in [4.69, 9.17) is 8.60 Å². The fraction of sp³-hybridized carbons (Fsp3) is 0.333. The summed E-state index contributed by atoms with van der Waals surface area (Å²) in [5.41, 5.74) is 2.46. The van der Waals surface area contributed by atoms with E-state index in [1.807, 2.05) is 55.5 Å². The molecule has 0 amide bonds. The predicted molar refractivity (Wildman–Crippen MR) is 93.8 cm³/mol. The predicted octanol–water partition coefficient (Wildman–Crippen LogP) is 4.97. The Morgan fingerprint density at radius 2 is 1.52 bits per heavy atom. The zero-order chi connectivity index (χ0) is 18.5. The van der Waals surface area contributed by atoms with E-state index in [1.54, 1.807) is 0 Å². The summed E-state index contributed by atoms with van der Waals surface area (Å²) in [6.45, 7) is 4.08. The van der Waals surface area contributed by atoms with Gasteiger partial charge in [-0.25, -0.2) is 0 Å². The fourth-order valence-electron chi connectivity index (χ4n) is 2.44. The molecule has 3 rings (SSSR count). The molecule has 3 nitrogen and oxygen atoms in total. The van der Waals surface area contributed by atoms with Crippen molar-refractivity contribution < 1.29 is 29.1 Å². The van der Waals surface area contributed by atoms with Crippen LogP contribution in [0.15, 0.2) is 48.5 Å². The van der Waals surface area contributed by atoms with Gasteiger partial charge in [0.25, 0.3) is 0 Å². The van der Waals surface area contributed by atoms with Crippen LogP contribution in [0.2, 0.25) is 0 Å². The SMILES string of the molecule is Cc1cc[c-]cc1.Cc1ccc(OC(=O)C2CC[CH-]CC2)cc1.[O]=[Co]. The molecule has 0 aromatic heterocycles. The van der Waals surface area contributed by atoms with Crippen molar-refractivity contribution in [1.82, 2.24) is 0 Å². The number of rotatable bonds is 2. The van der Waals surface area contributed by atoms with Gasteiger partial charge in [0.05, 0.1) is 5.92 Å². The molecule has 0 N–H and O–H groups in total. The first kappa shape index (κ1) is 21.3. The Bertz CT molecular complexity index is 605. The average Bonchev–Trinajstić information content (AvgIpc) is 2.67. The van der Waals surface area contributed by atoms with Crippen LogP contribution in [0, 0.1) is 32.3 Å². The summed E-state index contributed by atoms with van der Waals surface area (Å²) in [6.07, 6.45) is 6.19. The first-order valence-corrected chi connectivity index (χ1v) is 8.74. The Kier molecular flexibility index (Phi) is 10.7.